The summed E-state index contributed by atoms with van der Waals surface area (Å²) < 4.78 is 47.4. The van der Waals surface area contributed by atoms with Crippen molar-refractivity contribution in [3.05, 3.63) is 41.5 Å². The second-order valence-electron chi connectivity index (χ2n) is 8.89. The third kappa shape index (κ3) is 4.13. The number of hydrogen-bond donors (Lipinski definition) is 1. The first-order chi connectivity index (χ1) is 13.2. The van der Waals surface area contributed by atoms with E-state index in [1.165, 1.54) is 0 Å². The minimum atomic E-state index is -4.73. The van der Waals surface area contributed by atoms with Gasteiger partial charge in [-0.05, 0) is 39.0 Å². The Balaban J connectivity index is 1.96. The molecule has 9 heteroatoms. The van der Waals surface area contributed by atoms with Crippen molar-refractivity contribution >= 4 is 22.7 Å². The van der Waals surface area contributed by atoms with E-state index in [2.05, 4.69) is 15.4 Å². The van der Waals surface area contributed by atoms with Crippen LogP contribution < -0.4 is 5.32 Å². The number of carbonyl (C=O) groups excluding carboxylic acids is 1. The topological polar surface area (TPSA) is 73.0 Å². The Labute approximate surface area is 166 Å². The van der Waals surface area contributed by atoms with Gasteiger partial charge in [-0.1, -0.05) is 20.8 Å². The summed E-state index contributed by atoms with van der Waals surface area (Å²) in [5.74, 6) is -0.367. The lowest BCUT2D eigenvalue weighted by atomic mass is 9.97. The minimum absolute atomic E-state index is 0.300. The van der Waals surface area contributed by atoms with Crippen molar-refractivity contribution in [3.63, 3.8) is 0 Å². The van der Waals surface area contributed by atoms with E-state index in [0.717, 1.165) is 10.9 Å². The maximum atomic E-state index is 13.6. The zero-order valence-electron chi connectivity index (χ0n) is 17.1. The Morgan fingerprint density at radius 1 is 1.10 bits per heavy atom. The zero-order valence-corrected chi connectivity index (χ0v) is 17.1. The van der Waals surface area contributed by atoms with E-state index >= 15 is 0 Å². The molecule has 1 N–H and O–H groups in total. The van der Waals surface area contributed by atoms with E-state index in [1.54, 1.807) is 39.0 Å². The van der Waals surface area contributed by atoms with E-state index in [4.69, 9.17) is 4.42 Å². The second-order valence-corrected chi connectivity index (χ2v) is 8.89. The fraction of sp³-hybridized carbons (Fsp3) is 0.450. The van der Waals surface area contributed by atoms with Gasteiger partial charge in [0.2, 0.25) is 5.89 Å². The van der Waals surface area contributed by atoms with Gasteiger partial charge < -0.3 is 9.73 Å². The third-order valence-electron chi connectivity index (χ3n) is 4.20. The van der Waals surface area contributed by atoms with E-state index in [0.29, 0.717) is 22.7 Å². The number of carbonyl (C=O) groups is 1. The molecule has 0 radical (unpaired) electrons. The molecular weight excluding hydrogens is 385 g/mol. The second kappa shape index (κ2) is 6.60. The van der Waals surface area contributed by atoms with Crippen LogP contribution in [0, 0.1) is 0 Å². The molecule has 1 aromatic carbocycles. The van der Waals surface area contributed by atoms with Crippen molar-refractivity contribution < 1.29 is 22.4 Å². The van der Waals surface area contributed by atoms with Crippen LogP contribution in [-0.2, 0) is 17.1 Å². The fourth-order valence-corrected chi connectivity index (χ4v) is 2.82. The SMILES string of the molecule is CC(C)(C)c1nc2cc(NC(=O)c3cnn(C(C)(C)C)c3C(F)(F)F)ccc2o1. The van der Waals surface area contributed by atoms with Crippen LogP contribution in [-0.4, -0.2) is 20.7 Å². The molecule has 0 saturated heterocycles. The van der Waals surface area contributed by atoms with Crippen molar-refractivity contribution in [2.75, 3.05) is 5.32 Å². The molecule has 0 spiro atoms. The highest BCUT2D eigenvalue weighted by Crippen LogP contribution is 2.35. The summed E-state index contributed by atoms with van der Waals surface area (Å²) in [4.78, 5) is 17.0. The Hall–Kier alpha value is -2.84. The summed E-state index contributed by atoms with van der Waals surface area (Å²) in [6, 6.07) is 4.74. The lowest BCUT2D eigenvalue weighted by molar-refractivity contribution is -0.146. The number of hydrogen-bond acceptors (Lipinski definition) is 4. The molecule has 0 aliphatic carbocycles. The number of nitrogens with zero attached hydrogens (tertiary/aromatic N) is 3. The van der Waals surface area contributed by atoms with Crippen LogP contribution in [0.3, 0.4) is 0 Å². The number of halogens is 3. The highest BCUT2D eigenvalue weighted by molar-refractivity contribution is 6.05. The number of fused-ring (bicyclic) bond motifs is 1. The van der Waals surface area contributed by atoms with Crippen LogP contribution in [0.5, 0.6) is 0 Å². The van der Waals surface area contributed by atoms with Gasteiger partial charge >= 0.3 is 6.18 Å². The monoisotopic (exact) mass is 408 g/mol. The van der Waals surface area contributed by atoms with Crippen molar-refractivity contribution in [1.82, 2.24) is 14.8 Å². The molecule has 0 saturated carbocycles. The van der Waals surface area contributed by atoms with Crippen LogP contribution in [0.25, 0.3) is 11.1 Å². The van der Waals surface area contributed by atoms with Crippen LogP contribution >= 0.6 is 0 Å². The Morgan fingerprint density at radius 2 is 1.76 bits per heavy atom. The molecule has 156 valence electrons. The first kappa shape index (κ1) is 20.9. The first-order valence-corrected chi connectivity index (χ1v) is 9.06. The molecule has 3 aromatic rings. The van der Waals surface area contributed by atoms with Crippen LogP contribution in [0.2, 0.25) is 0 Å². The van der Waals surface area contributed by atoms with E-state index in [1.807, 2.05) is 20.8 Å². The summed E-state index contributed by atoms with van der Waals surface area (Å²) in [6.07, 6.45) is -3.79. The normalized spacial score (nSPS) is 13.1. The van der Waals surface area contributed by atoms with Crippen molar-refractivity contribution in [3.8, 4) is 0 Å². The number of benzene rings is 1. The molecule has 0 unspecified atom stereocenters. The molecule has 3 rings (SSSR count). The van der Waals surface area contributed by atoms with Crippen LogP contribution in [0.4, 0.5) is 18.9 Å². The predicted octanol–water partition coefficient (Wildman–Crippen LogP) is 5.35. The molecule has 0 aliphatic rings. The average molecular weight is 408 g/mol. The third-order valence-corrected chi connectivity index (χ3v) is 4.20. The number of aromatic nitrogens is 3. The lowest BCUT2D eigenvalue weighted by Crippen LogP contribution is -2.30. The highest BCUT2D eigenvalue weighted by Gasteiger charge is 2.42. The van der Waals surface area contributed by atoms with Crippen molar-refractivity contribution in [1.29, 1.82) is 0 Å². The Kier molecular flexibility index (Phi) is 4.76. The number of oxazole rings is 1. The van der Waals surface area contributed by atoms with Gasteiger partial charge in [-0.25, -0.2) is 4.98 Å². The molecular formula is C20H23F3N4O2. The highest BCUT2D eigenvalue weighted by atomic mass is 19.4. The predicted molar refractivity (Wildman–Crippen MR) is 103 cm³/mol. The number of amides is 1. The smallest absolute Gasteiger partial charge is 0.433 e. The summed E-state index contributed by atoms with van der Waals surface area (Å²) >= 11 is 0. The molecule has 0 atom stereocenters. The van der Waals surface area contributed by atoms with Gasteiger partial charge in [0.05, 0.1) is 17.3 Å². The number of nitrogens with one attached hydrogen (secondary N) is 1. The maximum Gasteiger partial charge on any atom is 0.433 e. The first-order valence-electron chi connectivity index (χ1n) is 9.06. The van der Waals surface area contributed by atoms with E-state index in [9.17, 15) is 18.0 Å². The van der Waals surface area contributed by atoms with Crippen molar-refractivity contribution in [2.45, 2.75) is 58.7 Å². The summed E-state index contributed by atoms with van der Waals surface area (Å²) in [7, 11) is 0. The van der Waals surface area contributed by atoms with Gasteiger partial charge in [0.15, 0.2) is 11.3 Å². The van der Waals surface area contributed by atoms with Crippen LogP contribution in [0.15, 0.2) is 28.8 Å². The van der Waals surface area contributed by atoms with E-state index in [-0.39, 0.29) is 5.41 Å². The summed E-state index contributed by atoms with van der Waals surface area (Å²) in [5.41, 5.74) is -1.51. The molecule has 29 heavy (non-hydrogen) atoms. The molecule has 0 bridgehead atoms. The average Bonchev–Trinajstić information content (AvgIpc) is 3.17. The largest absolute Gasteiger partial charge is 0.440 e. The van der Waals surface area contributed by atoms with Gasteiger partial charge in [-0.2, -0.15) is 18.3 Å². The van der Waals surface area contributed by atoms with Gasteiger partial charge in [0.25, 0.3) is 5.91 Å². The fourth-order valence-electron chi connectivity index (χ4n) is 2.82. The molecule has 0 fully saturated rings. The summed E-state index contributed by atoms with van der Waals surface area (Å²) in [5, 5.41) is 6.31. The van der Waals surface area contributed by atoms with Gasteiger partial charge in [0.1, 0.15) is 5.52 Å². The lowest BCUT2D eigenvalue weighted by Gasteiger charge is -2.23. The van der Waals surface area contributed by atoms with Gasteiger partial charge in [-0.15, -0.1) is 0 Å². The standard InChI is InChI=1S/C20H23F3N4O2/c1-18(2,3)17-26-13-9-11(7-8-14(13)29-17)25-16(28)12-10-24-27(19(4,5)6)15(12)20(21,22)23/h7-10H,1-6H3,(H,25,28). The Morgan fingerprint density at radius 3 is 2.31 bits per heavy atom. The number of alkyl halides is 3. The van der Waals surface area contributed by atoms with Crippen LogP contribution in [0.1, 0.15) is 63.5 Å². The molecule has 2 heterocycles. The quantitative estimate of drug-likeness (QED) is 0.621. The van der Waals surface area contributed by atoms with Gasteiger partial charge in [0, 0.05) is 11.1 Å². The van der Waals surface area contributed by atoms with Gasteiger partial charge in [-0.3, -0.25) is 9.48 Å². The summed E-state index contributed by atoms with van der Waals surface area (Å²) in [6.45, 7) is 10.6. The van der Waals surface area contributed by atoms with Crippen molar-refractivity contribution in [2.24, 2.45) is 0 Å². The number of rotatable bonds is 2. The molecule has 6 nitrogen and oxygen atoms in total. The number of anilines is 1. The molecule has 1 amide bonds. The maximum absolute atomic E-state index is 13.6. The zero-order chi connectivity index (χ0) is 21.8. The molecule has 0 aliphatic heterocycles. The Bertz CT molecular complexity index is 1070. The van der Waals surface area contributed by atoms with E-state index < -0.39 is 28.9 Å². The minimum Gasteiger partial charge on any atom is -0.440 e. The molecule has 2 aromatic heterocycles.